The number of anilines is 2. The number of rotatable bonds is 9. The number of imide groups is 1. The summed E-state index contributed by atoms with van der Waals surface area (Å²) in [6.45, 7) is 7.90. The Morgan fingerprint density at radius 1 is 0.927 bits per heavy atom. The number of aryl methyl sites for hydroxylation is 1. The van der Waals surface area contributed by atoms with Gasteiger partial charge in [0.25, 0.3) is 12.3 Å². The van der Waals surface area contributed by atoms with Crippen LogP contribution in [0.1, 0.15) is 70.5 Å². The number of fused-ring (bicyclic) bond motifs is 2. The smallest absolute Gasteiger partial charge is 0.266 e. The molecule has 2 saturated heterocycles. The Kier molecular flexibility index (Phi) is 9.68. The van der Waals surface area contributed by atoms with E-state index >= 15 is 0 Å². The van der Waals surface area contributed by atoms with Gasteiger partial charge in [-0.3, -0.25) is 29.6 Å². The van der Waals surface area contributed by atoms with Crippen LogP contribution in [0.4, 0.5) is 24.7 Å². The summed E-state index contributed by atoms with van der Waals surface area (Å²) in [7, 11) is 0. The first kappa shape index (κ1) is 36.1. The first-order valence-electron chi connectivity index (χ1n) is 18.3. The van der Waals surface area contributed by atoms with Gasteiger partial charge >= 0.3 is 0 Å². The topological polar surface area (TPSA) is 124 Å². The van der Waals surface area contributed by atoms with E-state index < -0.39 is 35.8 Å². The van der Waals surface area contributed by atoms with Crippen molar-refractivity contribution < 1.29 is 27.6 Å². The van der Waals surface area contributed by atoms with Crippen LogP contribution < -0.4 is 15.5 Å². The van der Waals surface area contributed by atoms with Crippen LogP contribution >= 0.6 is 0 Å². The van der Waals surface area contributed by atoms with E-state index in [0.717, 1.165) is 77.6 Å². The average molecular weight is 749 g/mol. The van der Waals surface area contributed by atoms with Gasteiger partial charge in [0.1, 0.15) is 11.9 Å². The van der Waals surface area contributed by atoms with E-state index in [9.17, 15) is 27.6 Å². The van der Waals surface area contributed by atoms with Crippen LogP contribution in [-0.2, 0) is 22.7 Å². The minimum atomic E-state index is -2.92. The minimum absolute atomic E-state index is 0.110. The lowest BCUT2D eigenvalue weighted by atomic mass is 10.0. The van der Waals surface area contributed by atoms with Gasteiger partial charge in [0.05, 0.1) is 23.0 Å². The number of hydrogen-bond donors (Lipinski definition) is 2. The molecule has 2 atom stereocenters. The lowest BCUT2D eigenvalue weighted by molar-refractivity contribution is -0.136. The van der Waals surface area contributed by atoms with Gasteiger partial charge in [0.15, 0.2) is 5.82 Å². The molecule has 55 heavy (non-hydrogen) atoms. The van der Waals surface area contributed by atoms with Crippen LogP contribution in [0.25, 0.3) is 22.0 Å². The van der Waals surface area contributed by atoms with E-state index in [1.165, 1.54) is 12.1 Å². The molecule has 5 aromatic rings. The maximum Gasteiger partial charge on any atom is 0.266 e. The van der Waals surface area contributed by atoms with Crippen molar-refractivity contribution in [2.75, 3.05) is 36.4 Å². The van der Waals surface area contributed by atoms with Crippen molar-refractivity contribution in [2.45, 2.75) is 58.3 Å². The molecule has 3 aliphatic heterocycles. The second-order valence-corrected chi connectivity index (χ2v) is 14.4. The Bertz CT molecular complexity index is 2330. The second kappa shape index (κ2) is 14.7. The summed E-state index contributed by atoms with van der Waals surface area (Å²) in [5, 5.41) is 15.7. The molecular weight excluding hydrogens is 709 g/mol. The van der Waals surface area contributed by atoms with Crippen molar-refractivity contribution in [3.05, 3.63) is 112 Å². The molecule has 2 unspecified atom stereocenters. The lowest BCUT2D eigenvalue weighted by Crippen LogP contribution is -2.52. The third kappa shape index (κ3) is 7.09. The van der Waals surface area contributed by atoms with Crippen molar-refractivity contribution in [1.82, 2.24) is 30.3 Å². The summed E-state index contributed by atoms with van der Waals surface area (Å²) in [4.78, 5) is 48.3. The molecular formula is C41H39F3N8O3. The fourth-order valence-electron chi connectivity index (χ4n) is 7.80. The van der Waals surface area contributed by atoms with E-state index in [0.29, 0.717) is 30.0 Å². The van der Waals surface area contributed by atoms with Crippen LogP contribution in [0.5, 0.6) is 0 Å². The first-order chi connectivity index (χ1) is 26.5. The molecule has 0 radical (unpaired) electrons. The van der Waals surface area contributed by atoms with Crippen molar-refractivity contribution in [2.24, 2.45) is 0 Å². The summed E-state index contributed by atoms with van der Waals surface area (Å²) in [5.74, 6) is -1.44. The fraction of sp³-hybridized carbons (Fsp3) is 0.317. The summed E-state index contributed by atoms with van der Waals surface area (Å²) in [6.07, 6.45) is -0.619. The summed E-state index contributed by atoms with van der Waals surface area (Å²) in [6, 6.07) is 18.7. The molecule has 3 aromatic carbocycles. The fourth-order valence-corrected chi connectivity index (χ4v) is 7.80. The van der Waals surface area contributed by atoms with Gasteiger partial charge in [0, 0.05) is 85.0 Å². The van der Waals surface area contributed by atoms with Gasteiger partial charge in [-0.25, -0.2) is 13.2 Å². The van der Waals surface area contributed by atoms with Gasteiger partial charge < -0.3 is 15.1 Å². The molecule has 5 heterocycles. The van der Waals surface area contributed by atoms with E-state index in [1.807, 2.05) is 43.3 Å². The maximum atomic E-state index is 15.0. The number of alkyl halides is 2. The number of piperidine rings is 1. The Labute approximate surface area is 315 Å². The maximum absolute atomic E-state index is 15.0. The molecule has 2 N–H and O–H groups in total. The van der Waals surface area contributed by atoms with Crippen LogP contribution in [0, 0.1) is 12.7 Å². The van der Waals surface area contributed by atoms with Crippen LogP contribution in [0.15, 0.2) is 72.9 Å². The highest BCUT2D eigenvalue weighted by atomic mass is 19.3. The number of amides is 3. The Morgan fingerprint density at radius 3 is 2.49 bits per heavy atom. The van der Waals surface area contributed by atoms with Crippen LogP contribution in [0.3, 0.4) is 0 Å². The Hall–Kier alpha value is -5.89. The van der Waals surface area contributed by atoms with Crippen molar-refractivity contribution >= 4 is 40.0 Å². The lowest BCUT2D eigenvalue weighted by Gasteiger charge is -2.36. The number of carbonyl (C=O) groups is 3. The number of halogens is 3. The predicted molar refractivity (Wildman–Crippen MR) is 201 cm³/mol. The molecule has 11 nitrogen and oxygen atoms in total. The van der Waals surface area contributed by atoms with E-state index in [4.69, 9.17) is 4.98 Å². The van der Waals surface area contributed by atoms with Crippen molar-refractivity contribution in [3.63, 3.8) is 0 Å². The van der Waals surface area contributed by atoms with Crippen molar-refractivity contribution in [3.8, 4) is 11.3 Å². The van der Waals surface area contributed by atoms with E-state index in [1.54, 1.807) is 18.0 Å². The second-order valence-electron chi connectivity index (χ2n) is 14.4. The zero-order valence-electron chi connectivity index (χ0n) is 30.4. The van der Waals surface area contributed by atoms with Gasteiger partial charge in [-0.15, -0.1) is 5.10 Å². The number of hydrogen-bond acceptors (Lipinski definition) is 9. The molecule has 0 saturated carbocycles. The highest BCUT2D eigenvalue weighted by molar-refractivity contribution is 6.05. The van der Waals surface area contributed by atoms with Crippen LogP contribution in [0.2, 0.25) is 0 Å². The summed E-state index contributed by atoms with van der Waals surface area (Å²) >= 11 is 0. The van der Waals surface area contributed by atoms with Crippen molar-refractivity contribution in [1.29, 1.82) is 0 Å². The normalized spacial score (nSPS) is 18.2. The number of piperazine rings is 1. The van der Waals surface area contributed by atoms with Crippen LogP contribution in [-0.4, -0.2) is 74.9 Å². The van der Waals surface area contributed by atoms with Gasteiger partial charge in [-0.2, -0.15) is 5.10 Å². The third-order valence-corrected chi connectivity index (χ3v) is 10.8. The molecule has 2 fully saturated rings. The van der Waals surface area contributed by atoms with E-state index in [2.05, 4.69) is 42.8 Å². The monoisotopic (exact) mass is 748 g/mol. The molecule has 0 bridgehead atoms. The minimum Gasteiger partial charge on any atom is -0.369 e. The number of aromatic nitrogens is 3. The number of nitrogens with one attached hydrogen (secondary N) is 2. The molecule has 8 rings (SSSR count). The quantitative estimate of drug-likeness (QED) is 0.167. The molecule has 3 amide bonds. The number of carbonyl (C=O) groups excluding carboxylic acids is 3. The molecule has 282 valence electrons. The molecule has 2 aromatic heterocycles. The zero-order valence-corrected chi connectivity index (χ0v) is 30.4. The average Bonchev–Trinajstić information content (AvgIpc) is 3.51. The number of pyridine rings is 1. The van der Waals surface area contributed by atoms with Gasteiger partial charge in [0.2, 0.25) is 11.8 Å². The largest absolute Gasteiger partial charge is 0.369 e. The Balaban J connectivity index is 0.934. The number of benzene rings is 3. The molecule has 0 spiro atoms. The third-order valence-electron chi connectivity index (χ3n) is 10.8. The standard InChI is InChI=1S/C41H39F3N8O3/c1-23(29-7-4-8-31(37(29)42)38(43)44)46-39-32-19-34(45-20-33(32)24(2)48-49-39)26-6-3-5-25(17-26)21-50-13-15-51(16-14-50)28-9-10-30-27(18-28)22-52(41(30)55)35-11-12-36(53)47-40(35)54/h3-10,17-20,23,35,38H,11-16,21-22H2,1-2H3,(H,46,49)(H,47,53,54). The highest BCUT2D eigenvalue weighted by Crippen LogP contribution is 2.34. The number of nitrogens with zero attached hydrogens (tertiary/aromatic N) is 6. The highest BCUT2D eigenvalue weighted by Gasteiger charge is 2.39. The summed E-state index contributed by atoms with van der Waals surface area (Å²) < 4.78 is 41.8. The molecule has 0 aliphatic carbocycles. The first-order valence-corrected chi connectivity index (χ1v) is 18.3. The van der Waals surface area contributed by atoms with Gasteiger partial charge in [-0.05, 0) is 61.7 Å². The Morgan fingerprint density at radius 2 is 1.71 bits per heavy atom. The predicted octanol–water partition coefficient (Wildman–Crippen LogP) is 6.33. The summed E-state index contributed by atoms with van der Waals surface area (Å²) in [5.41, 5.74) is 5.44. The van der Waals surface area contributed by atoms with Gasteiger partial charge in [-0.1, -0.05) is 36.4 Å². The molecule has 14 heteroatoms. The SMILES string of the molecule is Cc1nnc(NC(C)c2cccc(C(F)F)c2F)c2cc(-c3cccc(CN4CCN(c5ccc6c(c5)CN(C5CCC(=O)NC5=O)C6=O)CC4)c3)ncc12. The molecule has 3 aliphatic rings. The zero-order chi connectivity index (χ0) is 38.4. The van der Waals surface area contributed by atoms with E-state index in [-0.39, 0.29) is 23.8 Å².